The van der Waals surface area contributed by atoms with Gasteiger partial charge in [-0.1, -0.05) is 11.6 Å². The molecule has 2 N–H and O–H groups in total. The summed E-state index contributed by atoms with van der Waals surface area (Å²) in [5, 5.41) is 11.8. The second-order valence-electron chi connectivity index (χ2n) is 5.16. The van der Waals surface area contributed by atoms with E-state index in [9.17, 15) is 9.59 Å². The number of nitrogens with one attached hydrogen (secondary N) is 1. The van der Waals surface area contributed by atoms with E-state index < -0.39 is 11.9 Å². The van der Waals surface area contributed by atoms with E-state index in [4.69, 9.17) is 30.9 Å². The SMILES string of the molecule is COc1c(Cl)cc(C(=O)O)cc1NC(=O)c1ccc2c(c1)OCCO2. The van der Waals surface area contributed by atoms with Crippen LogP contribution in [0.2, 0.25) is 5.02 Å². The van der Waals surface area contributed by atoms with Gasteiger partial charge >= 0.3 is 5.97 Å². The van der Waals surface area contributed by atoms with Gasteiger partial charge in [0.05, 0.1) is 23.4 Å². The Balaban J connectivity index is 1.91. The molecule has 8 heteroatoms. The molecule has 7 nitrogen and oxygen atoms in total. The highest BCUT2D eigenvalue weighted by Crippen LogP contribution is 2.35. The van der Waals surface area contributed by atoms with E-state index in [1.165, 1.54) is 19.2 Å². The molecule has 0 spiro atoms. The number of carbonyl (C=O) groups is 2. The molecule has 0 aliphatic carbocycles. The number of benzene rings is 2. The molecule has 1 amide bonds. The maximum absolute atomic E-state index is 12.5. The number of aromatic carboxylic acids is 1. The van der Waals surface area contributed by atoms with E-state index in [0.717, 1.165) is 0 Å². The quantitative estimate of drug-likeness (QED) is 0.867. The summed E-state index contributed by atoms with van der Waals surface area (Å²) in [6.07, 6.45) is 0. The fraction of sp³-hybridized carbons (Fsp3) is 0.176. The third kappa shape index (κ3) is 3.46. The number of carbonyl (C=O) groups excluding carboxylic acids is 1. The molecule has 2 aromatic rings. The van der Waals surface area contributed by atoms with Crippen molar-refractivity contribution in [2.45, 2.75) is 0 Å². The largest absolute Gasteiger partial charge is 0.493 e. The summed E-state index contributed by atoms with van der Waals surface area (Å²) in [7, 11) is 1.38. The first-order chi connectivity index (χ1) is 12.0. The van der Waals surface area contributed by atoms with Gasteiger partial charge in [-0.05, 0) is 30.3 Å². The molecule has 25 heavy (non-hydrogen) atoms. The number of carboxylic acids is 1. The van der Waals surface area contributed by atoms with Crippen LogP contribution in [0.1, 0.15) is 20.7 Å². The number of hydrogen-bond donors (Lipinski definition) is 2. The molecule has 3 rings (SSSR count). The van der Waals surface area contributed by atoms with Gasteiger partial charge in [0, 0.05) is 5.56 Å². The average molecular weight is 364 g/mol. The molecule has 1 aliphatic heterocycles. The van der Waals surface area contributed by atoms with Crippen LogP contribution in [0.15, 0.2) is 30.3 Å². The van der Waals surface area contributed by atoms with Crippen LogP contribution in [-0.4, -0.2) is 37.3 Å². The van der Waals surface area contributed by atoms with E-state index >= 15 is 0 Å². The maximum Gasteiger partial charge on any atom is 0.335 e. The van der Waals surface area contributed by atoms with Crippen LogP contribution in [0.3, 0.4) is 0 Å². The Labute approximate surface area is 148 Å². The van der Waals surface area contributed by atoms with Crippen molar-refractivity contribution in [1.29, 1.82) is 0 Å². The molecular weight excluding hydrogens is 350 g/mol. The first-order valence-electron chi connectivity index (χ1n) is 7.31. The summed E-state index contributed by atoms with van der Waals surface area (Å²) in [5.74, 6) is -0.412. The summed E-state index contributed by atoms with van der Waals surface area (Å²) in [6, 6.07) is 7.31. The van der Waals surface area contributed by atoms with E-state index in [0.29, 0.717) is 30.3 Å². The zero-order valence-electron chi connectivity index (χ0n) is 13.2. The number of hydrogen-bond acceptors (Lipinski definition) is 5. The number of ether oxygens (including phenoxy) is 3. The molecule has 1 aliphatic rings. The van der Waals surface area contributed by atoms with Gasteiger partial charge in [-0.3, -0.25) is 4.79 Å². The maximum atomic E-state index is 12.5. The number of halogens is 1. The third-order valence-corrected chi connectivity index (χ3v) is 3.83. The standard InChI is InChI=1S/C17H14ClNO6/c1-23-15-11(18)6-10(17(21)22)7-12(15)19-16(20)9-2-3-13-14(8-9)25-5-4-24-13/h2-3,6-8H,4-5H2,1H3,(H,19,20)(H,21,22). The Morgan fingerprint density at radius 1 is 1.12 bits per heavy atom. The minimum absolute atomic E-state index is 0.0664. The lowest BCUT2D eigenvalue weighted by Gasteiger charge is -2.19. The third-order valence-electron chi connectivity index (χ3n) is 3.55. The van der Waals surface area contributed by atoms with E-state index in [-0.39, 0.29) is 22.0 Å². The van der Waals surface area contributed by atoms with Gasteiger partial charge in [-0.15, -0.1) is 0 Å². The van der Waals surface area contributed by atoms with Gasteiger partial charge in [0.1, 0.15) is 13.2 Å². The number of rotatable bonds is 4. The summed E-state index contributed by atoms with van der Waals surface area (Å²) in [5.41, 5.74) is 0.415. The van der Waals surface area contributed by atoms with Crippen molar-refractivity contribution in [3.63, 3.8) is 0 Å². The average Bonchev–Trinajstić information content (AvgIpc) is 2.61. The highest BCUT2D eigenvalue weighted by molar-refractivity contribution is 6.33. The lowest BCUT2D eigenvalue weighted by molar-refractivity contribution is 0.0696. The van der Waals surface area contributed by atoms with Crippen LogP contribution < -0.4 is 19.5 Å². The molecular formula is C17H14ClNO6. The first kappa shape index (κ1) is 16.9. The van der Waals surface area contributed by atoms with Crippen LogP contribution in [0.4, 0.5) is 5.69 Å². The van der Waals surface area contributed by atoms with E-state index in [2.05, 4.69) is 5.32 Å². The predicted molar refractivity (Wildman–Crippen MR) is 90.3 cm³/mol. The summed E-state index contributed by atoms with van der Waals surface area (Å²) >= 11 is 6.03. The van der Waals surface area contributed by atoms with Crippen molar-refractivity contribution < 1.29 is 28.9 Å². The highest BCUT2D eigenvalue weighted by Gasteiger charge is 2.19. The van der Waals surface area contributed by atoms with E-state index in [1.54, 1.807) is 18.2 Å². The van der Waals surface area contributed by atoms with Crippen molar-refractivity contribution in [2.24, 2.45) is 0 Å². The lowest BCUT2D eigenvalue weighted by Crippen LogP contribution is -2.17. The van der Waals surface area contributed by atoms with Crippen molar-refractivity contribution in [2.75, 3.05) is 25.6 Å². The van der Waals surface area contributed by atoms with Gasteiger partial charge in [-0.25, -0.2) is 4.79 Å². The molecule has 0 saturated carbocycles. The zero-order chi connectivity index (χ0) is 18.0. The van der Waals surface area contributed by atoms with Crippen LogP contribution in [0.25, 0.3) is 0 Å². The minimum atomic E-state index is -1.17. The molecule has 0 bridgehead atoms. The summed E-state index contributed by atoms with van der Waals surface area (Å²) in [6.45, 7) is 0.860. The van der Waals surface area contributed by atoms with Crippen LogP contribution in [0, 0.1) is 0 Å². The Morgan fingerprint density at radius 3 is 2.52 bits per heavy atom. The second-order valence-corrected chi connectivity index (χ2v) is 5.56. The molecule has 130 valence electrons. The lowest BCUT2D eigenvalue weighted by atomic mass is 10.1. The summed E-state index contributed by atoms with van der Waals surface area (Å²) < 4.78 is 16.0. The van der Waals surface area contributed by atoms with Crippen LogP contribution in [-0.2, 0) is 0 Å². The molecule has 0 aromatic heterocycles. The van der Waals surface area contributed by atoms with E-state index in [1.807, 2.05) is 0 Å². The second kappa shape index (κ2) is 6.90. The topological polar surface area (TPSA) is 94.1 Å². The number of anilines is 1. The van der Waals surface area contributed by atoms with Gasteiger partial charge in [-0.2, -0.15) is 0 Å². The minimum Gasteiger partial charge on any atom is -0.493 e. The molecule has 1 heterocycles. The van der Waals surface area contributed by atoms with Gasteiger partial charge < -0.3 is 24.6 Å². The number of carboxylic acid groups (broad SMARTS) is 1. The van der Waals surface area contributed by atoms with Crippen molar-refractivity contribution in [3.05, 3.63) is 46.5 Å². The molecule has 0 unspecified atom stereocenters. The number of fused-ring (bicyclic) bond motifs is 1. The Morgan fingerprint density at radius 2 is 1.84 bits per heavy atom. The number of methoxy groups -OCH3 is 1. The van der Waals surface area contributed by atoms with Gasteiger partial charge in [0.15, 0.2) is 17.2 Å². The molecule has 0 atom stereocenters. The highest BCUT2D eigenvalue weighted by atomic mass is 35.5. The van der Waals surface area contributed by atoms with Crippen molar-refractivity contribution >= 4 is 29.2 Å². The normalized spacial score (nSPS) is 12.4. The Kier molecular flexibility index (Phi) is 4.67. The fourth-order valence-electron chi connectivity index (χ4n) is 2.40. The predicted octanol–water partition coefficient (Wildman–Crippen LogP) is 3.07. The van der Waals surface area contributed by atoms with Crippen LogP contribution in [0.5, 0.6) is 17.2 Å². The first-order valence-corrected chi connectivity index (χ1v) is 7.69. The van der Waals surface area contributed by atoms with Gasteiger partial charge in [0.25, 0.3) is 5.91 Å². The number of amides is 1. The Bertz CT molecular complexity index is 851. The van der Waals surface area contributed by atoms with Crippen molar-refractivity contribution in [3.8, 4) is 17.2 Å². The Hall–Kier alpha value is -2.93. The molecule has 0 fully saturated rings. The molecule has 2 aromatic carbocycles. The van der Waals surface area contributed by atoms with Crippen molar-refractivity contribution in [1.82, 2.24) is 0 Å². The monoisotopic (exact) mass is 363 g/mol. The molecule has 0 radical (unpaired) electrons. The fourth-order valence-corrected chi connectivity index (χ4v) is 2.69. The zero-order valence-corrected chi connectivity index (χ0v) is 13.9. The summed E-state index contributed by atoms with van der Waals surface area (Å²) in [4.78, 5) is 23.7. The molecule has 0 saturated heterocycles. The smallest absolute Gasteiger partial charge is 0.335 e. The van der Waals surface area contributed by atoms with Gasteiger partial charge in [0.2, 0.25) is 0 Å². The van der Waals surface area contributed by atoms with Crippen LogP contribution >= 0.6 is 11.6 Å².